The highest BCUT2D eigenvalue weighted by molar-refractivity contribution is 6.22. The van der Waals surface area contributed by atoms with Gasteiger partial charge in [0, 0.05) is 5.56 Å². The summed E-state index contributed by atoms with van der Waals surface area (Å²) >= 11 is 0. The van der Waals surface area contributed by atoms with E-state index in [9.17, 15) is 14.4 Å². The van der Waals surface area contributed by atoms with Gasteiger partial charge in [0.25, 0.3) is 0 Å². The van der Waals surface area contributed by atoms with E-state index >= 15 is 0 Å². The first kappa shape index (κ1) is 19.3. The van der Waals surface area contributed by atoms with Gasteiger partial charge in [-0.2, -0.15) is 0 Å². The van der Waals surface area contributed by atoms with Gasteiger partial charge < -0.3 is 9.47 Å². The third kappa shape index (κ3) is 2.82. The van der Waals surface area contributed by atoms with Crippen LogP contribution in [-0.2, 0) is 9.59 Å². The standard InChI is InChI=1S/C26H23NO5/c1-31-16-6-2-14(3-7-16)22(28)13-32-17-8-4-15(5-9-17)27-25(29)23-18-10-11-19(21-12-20(18)21)24(23)26(27)30/h2-11,18-21,23-24H,12-13H2,1H3/t18-,19-,20-,21+,23-,24-/m1/s1. The molecule has 2 saturated carbocycles. The van der Waals surface area contributed by atoms with Crippen LogP contribution in [0.5, 0.6) is 11.5 Å². The SMILES string of the molecule is COc1ccc(C(=O)COc2ccc(N3C(=O)[C@@H]4[C@@H]5C=C[C@H]([C@@H]6C[C@H]56)[C@H]4C3=O)cc2)cc1. The summed E-state index contributed by atoms with van der Waals surface area (Å²) < 4.78 is 10.7. The molecule has 0 radical (unpaired) electrons. The average Bonchev–Trinajstić information content (AvgIpc) is 3.61. The molecule has 1 saturated heterocycles. The van der Waals surface area contributed by atoms with E-state index in [0.717, 1.165) is 6.42 Å². The fourth-order valence-electron chi connectivity index (χ4n) is 5.91. The van der Waals surface area contributed by atoms with Gasteiger partial charge in [0.1, 0.15) is 11.5 Å². The van der Waals surface area contributed by atoms with Crippen LogP contribution in [0.3, 0.4) is 0 Å². The summed E-state index contributed by atoms with van der Waals surface area (Å²) in [4.78, 5) is 40.1. The zero-order valence-electron chi connectivity index (χ0n) is 17.6. The number of benzene rings is 2. The largest absolute Gasteiger partial charge is 0.497 e. The van der Waals surface area contributed by atoms with E-state index in [1.807, 2.05) is 0 Å². The van der Waals surface area contributed by atoms with Crippen LogP contribution in [0.2, 0.25) is 0 Å². The van der Waals surface area contributed by atoms with E-state index in [1.54, 1.807) is 55.6 Å². The van der Waals surface area contributed by atoms with Gasteiger partial charge in [-0.15, -0.1) is 0 Å². The van der Waals surface area contributed by atoms with Crippen LogP contribution in [0.1, 0.15) is 16.8 Å². The summed E-state index contributed by atoms with van der Waals surface area (Å²) in [5.41, 5.74) is 1.11. The second-order valence-corrected chi connectivity index (χ2v) is 9.10. The minimum Gasteiger partial charge on any atom is -0.497 e. The fraction of sp³-hybridized carbons (Fsp3) is 0.346. The highest BCUT2D eigenvalue weighted by Crippen LogP contribution is 2.65. The third-order valence-electron chi connectivity index (χ3n) is 7.54. The number of allylic oxidation sites excluding steroid dienone is 2. The van der Waals surface area contributed by atoms with Crippen LogP contribution in [0.15, 0.2) is 60.7 Å². The van der Waals surface area contributed by atoms with Gasteiger partial charge in [-0.05, 0) is 78.6 Å². The number of hydrogen-bond acceptors (Lipinski definition) is 5. The lowest BCUT2D eigenvalue weighted by Gasteiger charge is -2.37. The van der Waals surface area contributed by atoms with Gasteiger partial charge in [0.15, 0.2) is 12.4 Å². The monoisotopic (exact) mass is 429 g/mol. The topological polar surface area (TPSA) is 72.9 Å². The number of nitrogens with zero attached hydrogens (tertiary/aromatic N) is 1. The quantitative estimate of drug-likeness (QED) is 0.399. The van der Waals surface area contributed by atoms with Crippen molar-refractivity contribution in [2.24, 2.45) is 35.5 Å². The van der Waals surface area contributed by atoms with Crippen molar-refractivity contribution in [2.45, 2.75) is 6.42 Å². The minimum absolute atomic E-state index is 0.0759. The van der Waals surface area contributed by atoms with Crippen molar-refractivity contribution in [1.29, 1.82) is 0 Å². The first-order valence-corrected chi connectivity index (χ1v) is 11.0. The molecule has 6 atom stereocenters. The summed E-state index contributed by atoms with van der Waals surface area (Å²) in [6, 6.07) is 13.7. The van der Waals surface area contributed by atoms with Crippen molar-refractivity contribution >= 4 is 23.3 Å². The molecule has 5 aliphatic rings. The Morgan fingerprint density at radius 3 is 2.00 bits per heavy atom. The Morgan fingerprint density at radius 2 is 1.44 bits per heavy atom. The first-order valence-electron chi connectivity index (χ1n) is 11.0. The van der Waals surface area contributed by atoms with Crippen LogP contribution in [0, 0.1) is 35.5 Å². The number of carbonyl (C=O) groups is 3. The molecule has 0 spiro atoms. The molecule has 4 aliphatic carbocycles. The lowest BCUT2D eigenvalue weighted by atomic mass is 9.63. The molecule has 2 aromatic rings. The van der Waals surface area contributed by atoms with E-state index in [0.29, 0.717) is 34.6 Å². The predicted octanol–water partition coefficient (Wildman–Crippen LogP) is 3.51. The molecule has 2 bridgehead atoms. The molecular formula is C26H23NO5. The maximum Gasteiger partial charge on any atom is 0.238 e. The lowest BCUT2D eigenvalue weighted by molar-refractivity contribution is -0.124. The molecule has 0 N–H and O–H groups in total. The van der Waals surface area contributed by atoms with Gasteiger partial charge >= 0.3 is 0 Å². The zero-order valence-corrected chi connectivity index (χ0v) is 17.6. The average molecular weight is 429 g/mol. The van der Waals surface area contributed by atoms with E-state index in [2.05, 4.69) is 12.2 Å². The maximum absolute atomic E-state index is 13.2. The number of carbonyl (C=O) groups excluding carboxylic acids is 3. The number of imide groups is 1. The number of rotatable bonds is 6. The number of ketones is 1. The molecular weight excluding hydrogens is 406 g/mol. The van der Waals surface area contributed by atoms with Gasteiger partial charge in [-0.25, -0.2) is 0 Å². The number of ether oxygens (including phenoxy) is 2. The second-order valence-electron chi connectivity index (χ2n) is 9.10. The van der Waals surface area contributed by atoms with Gasteiger partial charge in [0.2, 0.25) is 11.8 Å². The summed E-state index contributed by atoms with van der Waals surface area (Å²) in [7, 11) is 1.57. The highest BCUT2D eigenvalue weighted by atomic mass is 16.5. The second kappa shape index (κ2) is 7.05. The Labute approximate surface area is 185 Å². The Hall–Kier alpha value is -3.41. The van der Waals surface area contributed by atoms with Crippen LogP contribution < -0.4 is 14.4 Å². The van der Waals surface area contributed by atoms with Crippen LogP contribution >= 0.6 is 0 Å². The smallest absolute Gasteiger partial charge is 0.238 e. The number of Topliss-reactive ketones (excluding diaryl/α,β-unsaturated/α-hetero) is 1. The summed E-state index contributed by atoms with van der Waals surface area (Å²) in [5, 5.41) is 0. The molecule has 32 heavy (non-hydrogen) atoms. The first-order chi connectivity index (χ1) is 15.6. The van der Waals surface area contributed by atoms with E-state index in [-0.39, 0.29) is 47.9 Å². The van der Waals surface area contributed by atoms with Crippen LogP contribution in [-0.4, -0.2) is 31.3 Å². The molecule has 6 nitrogen and oxygen atoms in total. The summed E-state index contributed by atoms with van der Waals surface area (Å²) in [6.45, 7) is -0.102. The molecule has 1 heterocycles. The van der Waals surface area contributed by atoms with Crippen molar-refractivity contribution in [1.82, 2.24) is 0 Å². The Morgan fingerprint density at radius 1 is 0.875 bits per heavy atom. The molecule has 6 heteroatoms. The maximum atomic E-state index is 13.2. The zero-order chi connectivity index (χ0) is 22.0. The minimum atomic E-state index is -0.209. The van der Waals surface area contributed by atoms with Crippen molar-refractivity contribution in [2.75, 3.05) is 18.6 Å². The molecule has 162 valence electrons. The Balaban J connectivity index is 1.14. The Kier molecular flexibility index (Phi) is 4.25. The predicted molar refractivity (Wildman–Crippen MR) is 116 cm³/mol. The molecule has 0 aromatic heterocycles. The summed E-state index contributed by atoms with van der Waals surface area (Å²) in [5.74, 6) is 2.07. The molecule has 2 amide bonds. The number of amides is 2. The van der Waals surface area contributed by atoms with Crippen molar-refractivity contribution in [3.63, 3.8) is 0 Å². The molecule has 7 rings (SSSR count). The fourth-order valence-corrected chi connectivity index (χ4v) is 5.91. The van der Waals surface area contributed by atoms with Gasteiger partial charge in [0.05, 0.1) is 24.6 Å². The molecule has 1 aliphatic heterocycles. The molecule has 0 unspecified atom stereocenters. The number of hydrogen-bond donors (Lipinski definition) is 0. The molecule has 3 fully saturated rings. The van der Waals surface area contributed by atoms with Gasteiger partial charge in [-0.3, -0.25) is 19.3 Å². The van der Waals surface area contributed by atoms with E-state index in [4.69, 9.17) is 9.47 Å². The molecule has 2 aromatic carbocycles. The van der Waals surface area contributed by atoms with Crippen LogP contribution in [0.25, 0.3) is 0 Å². The van der Waals surface area contributed by atoms with Crippen molar-refractivity contribution in [3.8, 4) is 11.5 Å². The highest BCUT2D eigenvalue weighted by Gasteiger charge is 2.67. The van der Waals surface area contributed by atoms with Gasteiger partial charge in [-0.1, -0.05) is 12.2 Å². The number of anilines is 1. The van der Waals surface area contributed by atoms with Crippen molar-refractivity contribution in [3.05, 3.63) is 66.2 Å². The lowest BCUT2D eigenvalue weighted by Crippen LogP contribution is -2.40. The number of methoxy groups -OCH3 is 1. The Bertz CT molecular complexity index is 1100. The third-order valence-corrected chi connectivity index (χ3v) is 7.54. The van der Waals surface area contributed by atoms with E-state index in [1.165, 1.54) is 4.90 Å². The normalized spacial score (nSPS) is 31.3. The van der Waals surface area contributed by atoms with E-state index < -0.39 is 0 Å². The van der Waals surface area contributed by atoms with Crippen LogP contribution in [0.4, 0.5) is 5.69 Å². The van der Waals surface area contributed by atoms with Crippen molar-refractivity contribution < 1.29 is 23.9 Å². The summed E-state index contributed by atoms with van der Waals surface area (Å²) in [6.07, 6.45) is 5.49.